The molecule has 2 rings (SSSR count). The van der Waals surface area contributed by atoms with Gasteiger partial charge >= 0.3 is 0 Å². The van der Waals surface area contributed by atoms with Crippen molar-refractivity contribution in [2.24, 2.45) is 7.05 Å². The molecule has 0 saturated heterocycles. The highest BCUT2D eigenvalue weighted by Crippen LogP contribution is 2.18. The maximum absolute atomic E-state index is 12.7. The maximum Gasteiger partial charge on any atom is 0.123 e. The molecule has 0 aliphatic rings. The zero-order valence-electron chi connectivity index (χ0n) is 8.48. The molecule has 16 heavy (non-hydrogen) atoms. The summed E-state index contributed by atoms with van der Waals surface area (Å²) in [5, 5.41) is 14.7. The molecule has 5 heteroatoms. The largest absolute Gasteiger partial charge is 0.543 e. The van der Waals surface area contributed by atoms with E-state index in [9.17, 15) is 14.3 Å². The summed E-state index contributed by atoms with van der Waals surface area (Å²) in [6.45, 7) is 0. The lowest BCUT2D eigenvalue weighted by Gasteiger charge is -1.99. The fourth-order valence-corrected chi connectivity index (χ4v) is 1.42. The van der Waals surface area contributed by atoms with Crippen molar-refractivity contribution in [3.05, 3.63) is 41.8 Å². The number of carboxylic acid groups (broad SMARTS) is 1. The van der Waals surface area contributed by atoms with E-state index in [2.05, 4.69) is 5.10 Å². The molecule has 0 radical (unpaired) electrons. The molecule has 0 aliphatic carbocycles. The van der Waals surface area contributed by atoms with Crippen molar-refractivity contribution in [1.29, 1.82) is 0 Å². The Kier molecular flexibility index (Phi) is 2.44. The Balaban J connectivity index is 2.45. The van der Waals surface area contributed by atoms with E-state index in [-0.39, 0.29) is 11.5 Å². The highest BCUT2D eigenvalue weighted by atomic mass is 19.1. The van der Waals surface area contributed by atoms with Crippen LogP contribution in [0, 0.1) is 5.82 Å². The molecule has 0 saturated carbocycles. The smallest absolute Gasteiger partial charge is 0.123 e. The Morgan fingerprint density at radius 2 is 2.00 bits per heavy atom. The van der Waals surface area contributed by atoms with E-state index in [0.717, 1.165) is 0 Å². The lowest BCUT2D eigenvalue weighted by Crippen LogP contribution is -2.24. The van der Waals surface area contributed by atoms with Crippen LogP contribution in [0.25, 0.3) is 11.3 Å². The van der Waals surface area contributed by atoms with Gasteiger partial charge in [0.25, 0.3) is 0 Å². The number of aromatic carboxylic acids is 1. The van der Waals surface area contributed by atoms with Gasteiger partial charge < -0.3 is 9.90 Å². The molecular formula is C11H8FN2O2-. The minimum Gasteiger partial charge on any atom is -0.543 e. The molecule has 2 aromatic rings. The standard InChI is InChI=1S/C11H9FN2O2/c1-14-10(11(15)16)6-9(13-14)7-2-4-8(12)5-3-7/h2-6H,1H3,(H,15,16)/p-1. The van der Waals surface area contributed by atoms with Gasteiger partial charge in [0.05, 0.1) is 17.4 Å². The number of hydrogen-bond acceptors (Lipinski definition) is 3. The molecule has 4 nitrogen and oxygen atoms in total. The van der Waals surface area contributed by atoms with Gasteiger partial charge in [0.1, 0.15) is 5.82 Å². The lowest BCUT2D eigenvalue weighted by atomic mass is 10.1. The van der Waals surface area contributed by atoms with Crippen molar-refractivity contribution in [3.8, 4) is 11.3 Å². The summed E-state index contributed by atoms with van der Waals surface area (Å²) in [6, 6.07) is 7.06. The zero-order valence-corrected chi connectivity index (χ0v) is 8.48. The molecule has 0 spiro atoms. The molecule has 1 aromatic carbocycles. The number of halogens is 1. The summed E-state index contributed by atoms with van der Waals surface area (Å²) < 4.78 is 13.9. The Labute approximate surface area is 90.9 Å². The molecule has 0 atom stereocenters. The third-order valence-electron chi connectivity index (χ3n) is 2.23. The van der Waals surface area contributed by atoms with Crippen LogP contribution in [0.5, 0.6) is 0 Å². The first-order chi connectivity index (χ1) is 7.58. The Morgan fingerprint density at radius 3 is 2.50 bits per heavy atom. The molecular weight excluding hydrogens is 211 g/mol. The molecule has 0 unspecified atom stereocenters. The first-order valence-corrected chi connectivity index (χ1v) is 4.59. The number of carbonyl (C=O) groups is 1. The number of aryl methyl sites for hydroxylation is 1. The van der Waals surface area contributed by atoms with Crippen LogP contribution in [0.4, 0.5) is 4.39 Å². The van der Waals surface area contributed by atoms with Gasteiger partial charge in [-0.2, -0.15) is 5.10 Å². The van der Waals surface area contributed by atoms with Crippen LogP contribution in [0.15, 0.2) is 30.3 Å². The minimum atomic E-state index is -1.29. The van der Waals surface area contributed by atoms with Gasteiger partial charge in [-0.15, -0.1) is 0 Å². The van der Waals surface area contributed by atoms with E-state index < -0.39 is 5.97 Å². The van der Waals surface area contributed by atoms with Gasteiger partial charge in [0.2, 0.25) is 0 Å². The van der Waals surface area contributed by atoms with Gasteiger partial charge in [-0.25, -0.2) is 4.39 Å². The first kappa shape index (κ1) is 10.4. The van der Waals surface area contributed by atoms with Crippen LogP contribution in [0.2, 0.25) is 0 Å². The number of aromatic nitrogens is 2. The van der Waals surface area contributed by atoms with Crippen LogP contribution >= 0.6 is 0 Å². The summed E-state index contributed by atoms with van der Waals surface area (Å²) >= 11 is 0. The third-order valence-corrected chi connectivity index (χ3v) is 2.23. The van der Waals surface area contributed by atoms with E-state index in [0.29, 0.717) is 11.3 Å². The second kappa shape index (κ2) is 3.77. The molecule has 0 fully saturated rings. The van der Waals surface area contributed by atoms with Crippen LogP contribution in [0.3, 0.4) is 0 Å². The van der Waals surface area contributed by atoms with Crippen molar-refractivity contribution < 1.29 is 14.3 Å². The lowest BCUT2D eigenvalue weighted by molar-refractivity contribution is -0.255. The maximum atomic E-state index is 12.7. The average Bonchev–Trinajstić information content (AvgIpc) is 2.61. The SMILES string of the molecule is Cn1nc(-c2ccc(F)cc2)cc1C(=O)[O-]. The average molecular weight is 219 g/mol. The van der Waals surface area contributed by atoms with Crippen molar-refractivity contribution in [3.63, 3.8) is 0 Å². The Bertz CT molecular complexity index is 531. The number of carboxylic acids is 1. The van der Waals surface area contributed by atoms with E-state index in [4.69, 9.17) is 0 Å². The van der Waals surface area contributed by atoms with Gasteiger partial charge in [-0.3, -0.25) is 4.68 Å². The van der Waals surface area contributed by atoms with E-state index in [1.807, 2.05) is 0 Å². The topological polar surface area (TPSA) is 58.0 Å². The predicted octanol–water partition coefficient (Wildman–Crippen LogP) is 0.590. The van der Waals surface area contributed by atoms with Gasteiger partial charge in [0, 0.05) is 12.6 Å². The van der Waals surface area contributed by atoms with Crippen molar-refractivity contribution in [2.45, 2.75) is 0 Å². The number of rotatable bonds is 2. The summed E-state index contributed by atoms with van der Waals surface area (Å²) in [6.07, 6.45) is 0. The monoisotopic (exact) mass is 219 g/mol. The van der Waals surface area contributed by atoms with Crippen LogP contribution < -0.4 is 5.11 Å². The molecule has 0 amide bonds. The van der Waals surface area contributed by atoms with Gasteiger partial charge in [0.15, 0.2) is 0 Å². The van der Waals surface area contributed by atoms with E-state index in [1.165, 1.54) is 42.1 Å². The number of hydrogen-bond donors (Lipinski definition) is 0. The van der Waals surface area contributed by atoms with Crippen LogP contribution in [-0.4, -0.2) is 15.7 Å². The highest BCUT2D eigenvalue weighted by Gasteiger charge is 2.07. The number of carbonyl (C=O) groups excluding carboxylic acids is 1. The Morgan fingerprint density at radius 1 is 1.38 bits per heavy atom. The van der Waals surface area contributed by atoms with Crippen LogP contribution in [-0.2, 0) is 7.05 Å². The second-order valence-corrected chi connectivity index (χ2v) is 3.33. The van der Waals surface area contributed by atoms with Crippen molar-refractivity contribution in [1.82, 2.24) is 9.78 Å². The number of nitrogens with zero attached hydrogens (tertiary/aromatic N) is 2. The summed E-state index contributed by atoms with van der Waals surface area (Å²) in [4.78, 5) is 10.7. The third kappa shape index (κ3) is 1.79. The minimum absolute atomic E-state index is 0.0145. The van der Waals surface area contributed by atoms with Gasteiger partial charge in [-0.1, -0.05) is 0 Å². The first-order valence-electron chi connectivity index (χ1n) is 4.59. The zero-order chi connectivity index (χ0) is 11.7. The summed E-state index contributed by atoms with van der Waals surface area (Å²) in [5.41, 5.74) is 1.12. The molecule has 1 aromatic heterocycles. The van der Waals surface area contributed by atoms with Gasteiger partial charge in [-0.05, 0) is 30.3 Å². The fourth-order valence-electron chi connectivity index (χ4n) is 1.42. The Hall–Kier alpha value is -2.17. The van der Waals surface area contributed by atoms with E-state index >= 15 is 0 Å². The second-order valence-electron chi connectivity index (χ2n) is 3.33. The summed E-state index contributed by atoms with van der Waals surface area (Å²) in [5.74, 6) is -1.64. The highest BCUT2D eigenvalue weighted by molar-refractivity contribution is 5.85. The number of benzene rings is 1. The predicted molar refractivity (Wildman–Crippen MR) is 52.9 cm³/mol. The van der Waals surface area contributed by atoms with E-state index in [1.54, 1.807) is 0 Å². The molecule has 0 N–H and O–H groups in total. The molecule has 0 bridgehead atoms. The summed E-state index contributed by atoms with van der Waals surface area (Å²) in [7, 11) is 1.51. The van der Waals surface area contributed by atoms with Crippen molar-refractivity contribution in [2.75, 3.05) is 0 Å². The quantitative estimate of drug-likeness (QED) is 0.742. The fraction of sp³-hybridized carbons (Fsp3) is 0.0909. The molecule has 1 heterocycles. The van der Waals surface area contributed by atoms with Crippen LogP contribution in [0.1, 0.15) is 10.5 Å². The van der Waals surface area contributed by atoms with Crippen molar-refractivity contribution >= 4 is 5.97 Å². The normalized spacial score (nSPS) is 10.4. The molecule has 82 valence electrons. The molecule has 0 aliphatic heterocycles.